The Hall–Kier alpha value is -2.96. The number of hydrogen-bond donors (Lipinski definition) is 0. The second kappa shape index (κ2) is 6.33. The van der Waals surface area contributed by atoms with Crippen molar-refractivity contribution in [2.45, 2.75) is 32.2 Å². The predicted octanol–water partition coefficient (Wildman–Crippen LogP) is 1.44. The normalized spacial score (nSPS) is 37.2. The molecule has 7 heteroatoms. The van der Waals surface area contributed by atoms with Crippen LogP contribution in [-0.2, 0) is 33.4 Å². The van der Waals surface area contributed by atoms with E-state index in [-0.39, 0.29) is 11.1 Å². The molecule has 1 aliphatic carbocycles. The van der Waals surface area contributed by atoms with E-state index in [1.807, 2.05) is 0 Å². The number of hydrogen-bond acceptors (Lipinski definition) is 7. The van der Waals surface area contributed by atoms with Gasteiger partial charge in [0.2, 0.25) is 0 Å². The number of esters is 3. The molecule has 2 aliphatic heterocycles. The van der Waals surface area contributed by atoms with Crippen molar-refractivity contribution in [3.63, 3.8) is 0 Å². The lowest BCUT2D eigenvalue weighted by atomic mass is 9.54. The first-order chi connectivity index (χ1) is 12.7. The standard InChI is InChI=1S/C20H20O7/c1-6-9(3)17(22)26-15-12-11(5)18(23)25-14(12)13(10(4)8-21)20(7-2)16(15)27-19(20)24/h6-8,12-16H,2,4-5H2,1,3H3/b9-6+/t12-,13+,14-,15-,16-,20+/m0/s1. The zero-order valence-corrected chi connectivity index (χ0v) is 15.1. The fraction of sp³-hybridized carbons (Fsp3) is 0.400. The molecule has 3 fully saturated rings. The van der Waals surface area contributed by atoms with Crippen molar-refractivity contribution in [1.82, 2.24) is 0 Å². The first-order valence-electron chi connectivity index (χ1n) is 8.46. The van der Waals surface area contributed by atoms with Gasteiger partial charge in [0.1, 0.15) is 17.8 Å². The highest BCUT2D eigenvalue weighted by molar-refractivity contribution is 5.95. The molecule has 2 saturated heterocycles. The molecule has 0 aromatic carbocycles. The van der Waals surface area contributed by atoms with Crippen LogP contribution >= 0.6 is 0 Å². The second-order valence-corrected chi connectivity index (χ2v) is 6.90. The third kappa shape index (κ3) is 2.34. The number of carbonyl (C=O) groups excluding carboxylic acids is 4. The molecule has 6 atom stereocenters. The summed E-state index contributed by atoms with van der Waals surface area (Å²) < 4.78 is 16.3. The van der Waals surface area contributed by atoms with Crippen molar-refractivity contribution in [2.75, 3.05) is 0 Å². The molecular weight excluding hydrogens is 352 g/mol. The summed E-state index contributed by atoms with van der Waals surface area (Å²) >= 11 is 0. The van der Waals surface area contributed by atoms with Gasteiger partial charge >= 0.3 is 17.9 Å². The zero-order chi connectivity index (χ0) is 20.1. The molecule has 0 aromatic rings. The van der Waals surface area contributed by atoms with Crippen molar-refractivity contribution < 1.29 is 33.4 Å². The first-order valence-corrected chi connectivity index (χ1v) is 8.46. The lowest BCUT2D eigenvalue weighted by Gasteiger charge is -2.57. The second-order valence-electron chi connectivity index (χ2n) is 6.90. The van der Waals surface area contributed by atoms with E-state index in [4.69, 9.17) is 14.2 Å². The van der Waals surface area contributed by atoms with Crippen molar-refractivity contribution in [3.8, 4) is 0 Å². The van der Waals surface area contributed by atoms with Gasteiger partial charge in [-0.15, -0.1) is 6.58 Å². The van der Waals surface area contributed by atoms with E-state index in [9.17, 15) is 19.2 Å². The molecule has 0 unspecified atom stereocenters. The van der Waals surface area contributed by atoms with Gasteiger partial charge in [0.25, 0.3) is 0 Å². The first kappa shape index (κ1) is 18.8. The molecular formula is C20H20O7. The van der Waals surface area contributed by atoms with E-state index in [1.54, 1.807) is 19.9 Å². The average molecular weight is 372 g/mol. The highest BCUT2D eigenvalue weighted by atomic mass is 16.6. The van der Waals surface area contributed by atoms with Crippen LogP contribution in [0.1, 0.15) is 13.8 Å². The highest BCUT2D eigenvalue weighted by Crippen LogP contribution is 2.59. The Balaban J connectivity index is 2.12. The maximum absolute atomic E-state index is 12.5. The van der Waals surface area contributed by atoms with Crippen molar-refractivity contribution in [2.24, 2.45) is 17.3 Å². The summed E-state index contributed by atoms with van der Waals surface area (Å²) in [4.78, 5) is 48.4. The Bertz CT molecular complexity index is 820. The maximum Gasteiger partial charge on any atom is 0.334 e. The SMILES string of the molecule is C=C[C@]12C(=O)O[C@H]1[C@@H](OC(=O)/C(C)=C/C)[C@H]1C(=C)C(=O)O[C@@H]1[C@H]2C(=C)C=O. The molecule has 0 N–H and O–H groups in total. The minimum atomic E-state index is -1.38. The Labute approximate surface area is 156 Å². The number of ether oxygens (including phenoxy) is 3. The molecule has 2 heterocycles. The van der Waals surface area contributed by atoms with E-state index in [2.05, 4.69) is 19.7 Å². The summed E-state index contributed by atoms with van der Waals surface area (Å²) in [5, 5.41) is 0. The zero-order valence-electron chi connectivity index (χ0n) is 15.1. The topological polar surface area (TPSA) is 96.0 Å². The van der Waals surface area contributed by atoms with E-state index in [0.29, 0.717) is 11.9 Å². The van der Waals surface area contributed by atoms with Crippen LogP contribution in [0.25, 0.3) is 0 Å². The van der Waals surface area contributed by atoms with Crippen LogP contribution in [0.2, 0.25) is 0 Å². The van der Waals surface area contributed by atoms with Crippen LogP contribution < -0.4 is 0 Å². The highest BCUT2D eigenvalue weighted by Gasteiger charge is 2.74. The molecule has 0 amide bonds. The molecule has 1 saturated carbocycles. The van der Waals surface area contributed by atoms with E-state index < -0.39 is 53.5 Å². The molecule has 0 bridgehead atoms. The van der Waals surface area contributed by atoms with E-state index in [1.165, 1.54) is 6.08 Å². The lowest BCUT2D eigenvalue weighted by Crippen LogP contribution is -2.72. The number of allylic oxidation sites excluding steroid dienone is 1. The Kier molecular flexibility index (Phi) is 4.41. The van der Waals surface area contributed by atoms with Gasteiger partial charge in [-0.05, 0) is 19.4 Å². The minimum Gasteiger partial charge on any atom is -0.457 e. The van der Waals surface area contributed by atoms with Crippen LogP contribution in [0, 0.1) is 17.3 Å². The molecule has 142 valence electrons. The smallest absolute Gasteiger partial charge is 0.334 e. The van der Waals surface area contributed by atoms with Crippen molar-refractivity contribution >= 4 is 24.2 Å². The lowest BCUT2D eigenvalue weighted by molar-refractivity contribution is -0.253. The predicted molar refractivity (Wildman–Crippen MR) is 93.0 cm³/mol. The Morgan fingerprint density at radius 1 is 1.30 bits per heavy atom. The van der Waals surface area contributed by atoms with Crippen LogP contribution in [0.4, 0.5) is 0 Å². The fourth-order valence-electron chi connectivity index (χ4n) is 4.13. The van der Waals surface area contributed by atoms with Crippen LogP contribution in [0.3, 0.4) is 0 Å². The van der Waals surface area contributed by atoms with E-state index in [0.717, 1.165) is 0 Å². The number of fused-ring (bicyclic) bond motifs is 2. The molecule has 0 radical (unpaired) electrons. The summed E-state index contributed by atoms with van der Waals surface area (Å²) in [6.45, 7) is 14.5. The fourth-order valence-corrected chi connectivity index (χ4v) is 4.13. The van der Waals surface area contributed by atoms with Crippen molar-refractivity contribution in [1.29, 1.82) is 0 Å². The number of aldehydes is 1. The molecule has 0 aromatic heterocycles. The molecule has 27 heavy (non-hydrogen) atoms. The molecule has 3 aliphatic rings. The Morgan fingerprint density at radius 2 is 1.96 bits per heavy atom. The maximum atomic E-state index is 12.5. The molecule has 0 spiro atoms. The summed E-state index contributed by atoms with van der Waals surface area (Å²) in [6.07, 6.45) is 0.595. The molecule has 7 nitrogen and oxygen atoms in total. The van der Waals surface area contributed by atoms with Crippen molar-refractivity contribution in [3.05, 3.63) is 48.6 Å². The quantitative estimate of drug-likeness (QED) is 0.237. The van der Waals surface area contributed by atoms with Gasteiger partial charge in [-0.25, -0.2) is 9.59 Å². The monoisotopic (exact) mass is 372 g/mol. The molecule has 3 rings (SSSR count). The third-order valence-corrected chi connectivity index (χ3v) is 5.70. The van der Waals surface area contributed by atoms with Gasteiger partial charge < -0.3 is 14.2 Å². The van der Waals surface area contributed by atoms with Gasteiger partial charge in [0.15, 0.2) is 12.2 Å². The van der Waals surface area contributed by atoms with Gasteiger partial charge in [0.05, 0.1) is 5.92 Å². The van der Waals surface area contributed by atoms with Gasteiger partial charge in [0, 0.05) is 17.1 Å². The summed E-state index contributed by atoms with van der Waals surface area (Å²) in [7, 11) is 0. The van der Waals surface area contributed by atoms with Gasteiger partial charge in [-0.2, -0.15) is 0 Å². The van der Waals surface area contributed by atoms with E-state index >= 15 is 0 Å². The summed E-state index contributed by atoms with van der Waals surface area (Å²) in [5.74, 6) is -3.55. The van der Waals surface area contributed by atoms with Gasteiger partial charge in [-0.1, -0.05) is 25.3 Å². The summed E-state index contributed by atoms with van der Waals surface area (Å²) in [6, 6.07) is 0. The van der Waals surface area contributed by atoms with Crippen LogP contribution in [-0.4, -0.2) is 42.5 Å². The Morgan fingerprint density at radius 3 is 2.48 bits per heavy atom. The third-order valence-electron chi connectivity index (χ3n) is 5.70. The largest absolute Gasteiger partial charge is 0.457 e. The summed E-state index contributed by atoms with van der Waals surface area (Å²) in [5.41, 5.74) is -0.848. The average Bonchev–Trinajstić information content (AvgIpc) is 2.94. The minimum absolute atomic E-state index is 0.0726. The van der Waals surface area contributed by atoms with Crippen LogP contribution in [0.5, 0.6) is 0 Å². The number of rotatable bonds is 5. The van der Waals surface area contributed by atoms with Gasteiger partial charge in [-0.3, -0.25) is 9.59 Å². The van der Waals surface area contributed by atoms with Crippen LogP contribution in [0.15, 0.2) is 48.6 Å². The number of carbonyl (C=O) groups is 4.